The van der Waals surface area contributed by atoms with E-state index >= 15 is 0 Å². The Kier molecular flexibility index (Phi) is 10.4. The summed E-state index contributed by atoms with van der Waals surface area (Å²) in [5.41, 5.74) is 1.32. The van der Waals surface area contributed by atoms with Crippen molar-refractivity contribution in [2.45, 2.75) is 32.6 Å². The fraction of sp³-hybridized carbons (Fsp3) is 0.333. The average molecular weight is 301 g/mol. The normalized spacial score (nSPS) is 13.8. The second-order valence-corrected chi connectivity index (χ2v) is 3.75. The van der Waals surface area contributed by atoms with Crippen LogP contribution < -0.4 is 0 Å². The molecule has 1 aliphatic carbocycles. The van der Waals surface area contributed by atoms with Gasteiger partial charge in [-0.3, -0.25) is 0 Å². The first-order chi connectivity index (χ1) is 7.39. The standard InChI is InChI=1S/C8H12.C7H8.Ru/c1-2-4-6-8-7-5-3-1;1-7-5-3-2-4-6-7;/h1-2,7-8H,3-6H2;2-6H,1H3;. The van der Waals surface area contributed by atoms with Crippen LogP contribution in [0.2, 0.25) is 0 Å². The third-order valence-electron chi connectivity index (χ3n) is 2.27. The molecule has 0 atom stereocenters. The molecule has 16 heavy (non-hydrogen) atoms. The van der Waals surface area contributed by atoms with Gasteiger partial charge in [0, 0.05) is 19.5 Å². The summed E-state index contributed by atoms with van der Waals surface area (Å²) in [6.07, 6.45) is 14.0. The third kappa shape index (κ3) is 8.62. The second-order valence-electron chi connectivity index (χ2n) is 3.75. The van der Waals surface area contributed by atoms with Crippen LogP contribution in [0.25, 0.3) is 0 Å². The zero-order valence-electron chi connectivity index (χ0n) is 9.88. The number of aryl methyl sites for hydroxylation is 1. The van der Waals surface area contributed by atoms with Crippen molar-refractivity contribution >= 4 is 0 Å². The molecule has 0 saturated carbocycles. The summed E-state index contributed by atoms with van der Waals surface area (Å²) in [4.78, 5) is 0. The molecule has 0 amide bonds. The Morgan fingerprint density at radius 3 is 1.31 bits per heavy atom. The molecular formula is C15H20Ru. The van der Waals surface area contributed by atoms with E-state index in [2.05, 4.69) is 43.4 Å². The molecular weight excluding hydrogens is 281 g/mol. The molecule has 88 valence electrons. The Balaban J connectivity index is 0.000000267. The molecule has 1 heteroatoms. The first-order valence-corrected chi connectivity index (χ1v) is 5.71. The predicted octanol–water partition coefficient (Wildman–Crippen LogP) is 4.67. The minimum atomic E-state index is 0. The maximum Gasteiger partial charge on any atom is 0 e. The quantitative estimate of drug-likeness (QED) is 0.483. The Hall–Kier alpha value is -0.677. The topological polar surface area (TPSA) is 0 Å². The van der Waals surface area contributed by atoms with E-state index < -0.39 is 0 Å². The van der Waals surface area contributed by atoms with Gasteiger partial charge in [0.1, 0.15) is 0 Å². The SMILES string of the molecule is C1=CCCC=CCC1.Cc1ccccc1.[Ru]. The molecule has 0 radical (unpaired) electrons. The number of hydrogen-bond acceptors (Lipinski definition) is 0. The maximum atomic E-state index is 2.27. The molecule has 1 aromatic rings. The Morgan fingerprint density at radius 2 is 1.06 bits per heavy atom. The van der Waals surface area contributed by atoms with E-state index in [1.165, 1.54) is 31.2 Å². The van der Waals surface area contributed by atoms with Gasteiger partial charge in [-0.2, -0.15) is 0 Å². The third-order valence-corrected chi connectivity index (χ3v) is 2.27. The molecule has 0 unspecified atom stereocenters. The van der Waals surface area contributed by atoms with Crippen LogP contribution in [0.4, 0.5) is 0 Å². The van der Waals surface area contributed by atoms with E-state index in [9.17, 15) is 0 Å². The van der Waals surface area contributed by atoms with Gasteiger partial charge in [0.2, 0.25) is 0 Å². The van der Waals surface area contributed by atoms with Crippen molar-refractivity contribution in [1.82, 2.24) is 0 Å². The number of hydrogen-bond donors (Lipinski definition) is 0. The van der Waals surface area contributed by atoms with Gasteiger partial charge in [0.05, 0.1) is 0 Å². The van der Waals surface area contributed by atoms with E-state index in [1.807, 2.05) is 18.2 Å². The first kappa shape index (κ1) is 15.3. The van der Waals surface area contributed by atoms with Crippen LogP contribution in [0.15, 0.2) is 54.6 Å². The maximum absolute atomic E-state index is 2.27. The fourth-order valence-corrected chi connectivity index (χ4v) is 1.39. The van der Waals surface area contributed by atoms with Crippen molar-refractivity contribution in [3.63, 3.8) is 0 Å². The van der Waals surface area contributed by atoms with Crippen LogP contribution in [0, 0.1) is 6.92 Å². The monoisotopic (exact) mass is 302 g/mol. The minimum Gasteiger partial charge on any atom is -0.0882 e. The molecule has 2 rings (SSSR count). The summed E-state index contributed by atoms with van der Waals surface area (Å²) in [7, 11) is 0. The second kappa shape index (κ2) is 10.8. The summed E-state index contributed by atoms with van der Waals surface area (Å²) < 4.78 is 0. The molecule has 1 aliphatic rings. The van der Waals surface area contributed by atoms with Crippen molar-refractivity contribution in [1.29, 1.82) is 0 Å². The fourth-order valence-electron chi connectivity index (χ4n) is 1.39. The van der Waals surface area contributed by atoms with E-state index in [-0.39, 0.29) is 19.5 Å². The number of allylic oxidation sites excluding steroid dienone is 4. The van der Waals surface area contributed by atoms with Crippen molar-refractivity contribution < 1.29 is 19.5 Å². The van der Waals surface area contributed by atoms with Crippen LogP contribution >= 0.6 is 0 Å². The number of benzene rings is 1. The molecule has 0 bridgehead atoms. The van der Waals surface area contributed by atoms with Crippen LogP contribution in [0.3, 0.4) is 0 Å². The smallest absolute Gasteiger partial charge is 0 e. The van der Waals surface area contributed by atoms with Crippen molar-refractivity contribution in [3.05, 3.63) is 60.2 Å². The van der Waals surface area contributed by atoms with E-state index in [4.69, 9.17) is 0 Å². The van der Waals surface area contributed by atoms with Gasteiger partial charge in [-0.05, 0) is 32.6 Å². The van der Waals surface area contributed by atoms with Crippen molar-refractivity contribution in [3.8, 4) is 0 Å². The van der Waals surface area contributed by atoms with Crippen LogP contribution in [0.1, 0.15) is 31.2 Å². The number of rotatable bonds is 0. The van der Waals surface area contributed by atoms with Crippen LogP contribution in [-0.2, 0) is 19.5 Å². The van der Waals surface area contributed by atoms with E-state index in [0.717, 1.165) is 0 Å². The molecule has 0 aliphatic heterocycles. The predicted molar refractivity (Wildman–Crippen MR) is 67.9 cm³/mol. The molecule has 0 spiro atoms. The Morgan fingerprint density at radius 1 is 0.688 bits per heavy atom. The zero-order chi connectivity index (χ0) is 10.8. The van der Waals surface area contributed by atoms with Gasteiger partial charge in [-0.1, -0.05) is 60.2 Å². The van der Waals surface area contributed by atoms with Crippen LogP contribution in [0.5, 0.6) is 0 Å². The van der Waals surface area contributed by atoms with Crippen molar-refractivity contribution in [2.24, 2.45) is 0 Å². The van der Waals surface area contributed by atoms with Crippen molar-refractivity contribution in [2.75, 3.05) is 0 Å². The molecule has 0 saturated heterocycles. The van der Waals surface area contributed by atoms with Gasteiger partial charge >= 0.3 is 0 Å². The molecule has 0 heterocycles. The Labute approximate surface area is 112 Å². The van der Waals surface area contributed by atoms with Gasteiger partial charge in [-0.25, -0.2) is 0 Å². The first-order valence-electron chi connectivity index (χ1n) is 5.71. The Bertz CT molecular complexity index is 272. The molecule has 0 fully saturated rings. The summed E-state index contributed by atoms with van der Waals surface area (Å²) in [5.74, 6) is 0. The summed E-state index contributed by atoms with van der Waals surface area (Å²) in [6, 6.07) is 10.3. The molecule has 1 aromatic carbocycles. The summed E-state index contributed by atoms with van der Waals surface area (Å²) in [5, 5.41) is 0. The van der Waals surface area contributed by atoms with E-state index in [0.29, 0.717) is 0 Å². The van der Waals surface area contributed by atoms with Gasteiger partial charge in [0.15, 0.2) is 0 Å². The zero-order valence-corrected chi connectivity index (χ0v) is 11.6. The van der Waals surface area contributed by atoms with Gasteiger partial charge < -0.3 is 0 Å². The van der Waals surface area contributed by atoms with E-state index in [1.54, 1.807) is 0 Å². The minimum absolute atomic E-state index is 0. The molecule has 0 N–H and O–H groups in total. The van der Waals surface area contributed by atoms with Gasteiger partial charge in [-0.15, -0.1) is 0 Å². The largest absolute Gasteiger partial charge is 0.0882 e. The molecule has 0 aromatic heterocycles. The molecule has 0 nitrogen and oxygen atoms in total. The summed E-state index contributed by atoms with van der Waals surface area (Å²) in [6.45, 7) is 2.08. The van der Waals surface area contributed by atoms with Gasteiger partial charge in [0.25, 0.3) is 0 Å². The average Bonchev–Trinajstić information content (AvgIpc) is 2.18. The van der Waals surface area contributed by atoms with Crippen LogP contribution in [-0.4, -0.2) is 0 Å². The summed E-state index contributed by atoms with van der Waals surface area (Å²) >= 11 is 0.